The van der Waals surface area contributed by atoms with Crippen LogP contribution in [0.15, 0.2) is 12.4 Å². The van der Waals surface area contributed by atoms with Crippen molar-refractivity contribution >= 4 is 0 Å². The molecule has 1 aromatic heterocycles. The fraction of sp³-hybridized carbons (Fsp3) is 0.750. The van der Waals surface area contributed by atoms with Crippen LogP contribution in [0.5, 0.6) is 0 Å². The van der Waals surface area contributed by atoms with E-state index in [2.05, 4.69) is 49.6 Å². The highest BCUT2D eigenvalue weighted by molar-refractivity contribution is 5.05. The molecule has 1 atom stereocenters. The Kier molecular flexibility index (Phi) is 4.68. The zero-order valence-corrected chi connectivity index (χ0v) is 11.6. The molecule has 1 heterocycles. The second kappa shape index (κ2) is 5.62. The smallest absolute Gasteiger partial charge is 0.0521 e. The third-order valence-electron chi connectivity index (χ3n) is 3.69. The van der Waals surface area contributed by atoms with E-state index in [1.165, 1.54) is 5.56 Å². The van der Waals surface area contributed by atoms with Gasteiger partial charge in [0.05, 0.1) is 6.20 Å². The number of likely N-dealkylation sites (N-methyl/N-ethyl adjacent to an activating group) is 1. The molecule has 3 N–H and O–H groups in total. The number of rotatable bonds is 6. The Morgan fingerprint density at radius 2 is 2.18 bits per heavy atom. The summed E-state index contributed by atoms with van der Waals surface area (Å²) < 4.78 is 1.83. The van der Waals surface area contributed by atoms with E-state index < -0.39 is 0 Å². The summed E-state index contributed by atoms with van der Waals surface area (Å²) in [6, 6.07) is 0.248. The predicted octanol–water partition coefficient (Wildman–Crippen LogP) is 0.525. The van der Waals surface area contributed by atoms with E-state index in [0.29, 0.717) is 0 Å². The van der Waals surface area contributed by atoms with Crippen molar-refractivity contribution in [3.63, 3.8) is 0 Å². The maximum Gasteiger partial charge on any atom is 0.0521 e. The number of nitrogens with two attached hydrogens (primary N) is 1. The van der Waals surface area contributed by atoms with Gasteiger partial charge in [0.1, 0.15) is 0 Å². The third kappa shape index (κ3) is 3.52. The minimum absolute atomic E-state index is 0.0248. The van der Waals surface area contributed by atoms with Gasteiger partial charge in [-0.1, -0.05) is 0 Å². The third-order valence-corrected chi connectivity index (χ3v) is 3.69. The lowest BCUT2D eigenvalue weighted by Gasteiger charge is -2.39. The van der Waals surface area contributed by atoms with Gasteiger partial charge in [0, 0.05) is 24.8 Å². The lowest BCUT2D eigenvalue weighted by atomic mass is 9.89. The van der Waals surface area contributed by atoms with Crippen molar-refractivity contribution in [3.05, 3.63) is 18.0 Å². The van der Waals surface area contributed by atoms with Crippen LogP contribution >= 0.6 is 0 Å². The molecule has 0 spiro atoms. The standard InChI is InChI=1S/C12H25N5/c1-12(2,16(3)4)11(15-13)7-6-10-8-14-17(5)9-10/h8-9,11,15H,6-7,13H2,1-5H3. The summed E-state index contributed by atoms with van der Waals surface area (Å²) in [7, 11) is 6.09. The van der Waals surface area contributed by atoms with Gasteiger partial charge < -0.3 is 4.90 Å². The summed E-state index contributed by atoms with van der Waals surface area (Å²) in [5.41, 5.74) is 4.21. The molecule has 0 aliphatic heterocycles. The summed E-state index contributed by atoms with van der Waals surface area (Å²) in [5, 5.41) is 4.17. The SMILES string of the molecule is CN(C)C(C)(C)C(CCc1cnn(C)c1)NN. The zero-order chi connectivity index (χ0) is 13.1. The van der Waals surface area contributed by atoms with Gasteiger partial charge in [0.2, 0.25) is 0 Å². The fourth-order valence-corrected chi connectivity index (χ4v) is 1.86. The highest BCUT2D eigenvalue weighted by Crippen LogP contribution is 2.19. The summed E-state index contributed by atoms with van der Waals surface area (Å²) in [5.74, 6) is 5.67. The molecule has 0 amide bonds. The van der Waals surface area contributed by atoms with Crippen molar-refractivity contribution < 1.29 is 0 Å². The predicted molar refractivity (Wildman–Crippen MR) is 70.4 cm³/mol. The van der Waals surface area contributed by atoms with Crippen LogP contribution in [-0.2, 0) is 13.5 Å². The Bertz CT molecular complexity index is 342. The van der Waals surface area contributed by atoms with Crippen molar-refractivity contribution in [2.24, 2.45) is 12.9 Å². The molecule has 0 saturated heterocycles. The molecular weight excluding hydrogens is 214 g/mol. The first-order chi connectivity index (χ1) is 7.87. The molecule has 1 rings (SSSR count). The number of hydrogen-bond acceptors (Lipinski definition) is 4. The second-order valence-corrected chi connectivity index (χ2v) is 5.33. The average molecular weight is 239 g/mol. The molecule has 1 unspecified atom stereocenters. The normalized spacial score (nSPS) is 14.3. The van der Waals surface area contributed by atoms with E-state index in [1.807, 2.05) is 17.9 Å². The van der Waals surface area contributed by atoms with E-state index >= 15 is 0 Å². The van der Waals surface area contributed by atoms with E-state index in [1.54, 1.807) is 0 Å². The molecule has 0 radical (unpaired) electrons. The van der Waals surface area contributed by atoms with Crippen LogP contribution in [0, 0.1) is 0 Å². The number of aromatic nitrogens is 2. The number of hydrogen-bond donors (Lipinski definition) is 2. The van der Waals surface area contributed by atoms with Crippen molar-refractivity contribution in [3.8, 4) is 0 Å². The van der Waals surface area contributed by atoms with Crippen molar-refractivity contribution in [1.29, 1.82) is 0 Å². The number of nitrogens with zero attached hydrogens (tertiary/aromatic N) is 3. The van der Waals surface area contributed by atoms with Crippen molar-refractivity contribution in [2.75, 3.05) is 14.1 Å². The zero-order valence-electron chi connectivity index (χ0n) is 11.6. The molecule has 17 heavy (non-hydrogen) atoms. The molecule has 0 aliphatic carbocycles. The number of nitrogens with one attached hydrogen (secondary N) is 1. The summed E-state index contributed by atoms with van der Waals surface area (Å²) >= 11 is 0. The molecule has 0 aromatic carbocycles. The van der Waals surface area contributed by atoms with Gasteiger partial charge in [-0.25, -0.2) is 0 Å². The molecule has 0 fully saturated rings. The molecule has 0 saturated carbocycles. The second-order valence-electron chi connectivity index (χ2n) is 5.33. The lowest BCUT2D eigenvalue weighted by molar-refractivity contribution is 0.132. The Balaban J connectivity index is 2.59. The van der Waals surface area contributed by atoms with Gasteiger partial charge in [-0.2, -0.15) is 5.10 Å². The molecule has 0 aliphatic rings. The minimum Gasteiger partial charge on any atom is -0.303 e. The maximum absolute atomic E-state index is 5.67. The quantitative estimate of drug-likeness (QED) is 0.561. The van der Waals surface area contributed by atoms with Gasteiger partial charge in [0.25, 0.3) is 0 Å². The molecule has 5 nitrogen and oxygen atoms in total. The summed E-state index contributed by atoms with van der Waals surface area (Å²) in [6.07, 6.45) is 5.94. The monoisotopic (exact) mass is 239 g/mol. The van der Waals surface area contributed by atoms with Gasteiger partial charge in [-0.3, -0.25) is 16.0 Å². The summed E-state index contributed by atoms with van der Waals surface area (Å²) in [6.45, 7) is 4.39. The first-order valence-electron chi connectivity index (χ1n) is 5.99. The Morgan fingerprint density at radius 1 is 1.53 bits per heavy atom. The van der Waals surface area contributed by atoms with Crippen LogP contribution in [0.4, 0.5) is 0 Å². The van der Waals surface area contributed by atoms with Crippen molar-refractivity contribution in [2.45, 2.75) is 38.3 Å². The Labute approximate surface area is 104 Å². The molecule has 1 aromatic rings. The van der Waals surface area contributed by atoms with Gasteiger partial charge in [0.15, 0.2) is 0 Å². The minimum atomic E-state index is 0.0248. The fourth-order valence-electron chi connectivity index (χ4n) is 1.86. The highest BCUT2D eigenvalue weighted by Gasteiger charge is 2.30. The topological polar surface area (TPSA) is 59.1 Å². The molecule has 0 bridgehead atoms. The van der Waals surface area contributed by atoms with Crippen LogP contribution < -0.4 is 11.3 Å². The number of aryl methyl sites for hydroxylation is 2. The van der Waals surface area contributed by atoms with Gasteiger partial charge >= 0.3 is 0 Å². The van der Waals surface area contributed by atoms with E-state index in [-0.39, 0.29) is 11.6 Å². The maximum atomic E-state index is 5.67. The molecule has 5 heteroatoms. The highest BCUT2D eigenvalue weighted by atomic mass is 15.3. The van der Waals surface area contributed by atoms with Crippen LogP contribution in [0.1, 0.15) is 25.8 Å². The van der Waals surface area contributed by atoms with Crippen LogP contribution in [0.2, 0.25) is 0 Å². The van der Waals surface area contributed by atoms with Crippen molar-refractivity contribution in [1.82, 2.24) is 20.1 Å². The summed E-state index contributed by atoms with van der Waals surface area (Å²) in [4.78, 5) is 2.20. The van der Waals surface area contributed by atoms with Gasteiger partial charge in [-0.05, 0) is 46.3 Å². The lowest BCUT2D eigenvalue weighted by Crippen LogP contribution is -2.57. The van der Waals surface area contributed by atoms with Crippen LogP contribution in [0.25, 0.3) is 0 Å². The average Bonchev–Trinajstić information content (AvgIpc) is 2.64. The van der Waals surface area contributed by atoms with Gasteiger partial charge in [-0.15, -0.1) is 0 Å². The first-order valence-corrected chi connectivity index (χ1v) is 5.99. The number of hydrazine groups is 1. The largest absolute Gasteiger partial charge is 0.303 e. The molecule has 98 valence electrons. The van der Waals surface area contributed by atoms with E-state index in [9.17, 15) is 0 Å². The Hall–Kier alpha value is -0.910. The van der Waals surface area contributed by atoms with Crippen LogP contribution in [0.3, 0.4) is 0 Å². The van der Waals surface area contributed by atoms with Crippen LogP contribution in [-0.4, -0.2) is 40.4 Å². The first kappa shape index (κ1) is 14.2. The van der Waals surface area contributed by atoms with E-state index in [0.717, 1.165) is 12.8 Å². The Morgan fingerprint density at radius 3 is 2.59 bits per heavy atom. The molecular formula is C12H25N5. The van der Waals surface area contributed by atoms with E-state index in [4.69, 9.17) is 5.84 Å².